The summed E-state index contributed by atoms with van der Waals surface area (Å²) in [6, 6.07) is 1.76. The Kier molecular flexibility index (Phi) is 5.67. The van der Waals surface area contributed by atoms with E-state index in [2.05, 4.69) is 0 Å². The number of hydrogen-bond donors (Lipinski definition) is 1. The van der Waals surface area contributed by atoms with E-state index in [0.717, 1.165) is 0 Å². The minimum Gasteiger partial charge on any atom is -0.469 e. The summed E-state index contributed by atoms with van der Waals surface area (Å²) in [7, 11) is 1.33. The molecule has 0 radical (unpaired) electrons. The van der Waals surface area contributed by atoms with Gasteiger partial charge in [-0.25, -0.2) is 0 Å². The Morgan fingerprint density at radius 2 is 1.79 bits per heavy atom. The van der Waals surface area contributed by atoms with Crippen molar-refractivity contribution >= 4 is 17.9 Å². The third-order valence-electron chi connectivity index (χ3n) is 8.86. The van der Waals surface area contributed by atoms with E-state index in [0.29, 0.717) is 30.6 Å². The van der Waals surface area contributed by atoms with E-state index in [-0.39, 0.29) is 12.3 Å². The highest BCUT2D eigenvalue weighted by Gasteiger charge is 2.73. The van der Waals surface area contributed by atoms with Crippen molar-refractivity contribution in [3.63, 3.8) is 0 Å². The molecule has 1 N–H and O–H groups in total. The van der Waals surface area contributed by atoms with Gasteiger partial charge in [-0.3, -0.25) is 14.4 Å². The van der Waals surface area contributed by atoms with Crippen molar-refractivity contribution in [3.8, 4) is 0 Å². The minimum atomic E-state index is -1.33. The van der Waals surface area contributed by atoms with Crippen LogP contribution in [0, 0.1) is 22.7 Å². The molecule has 4 rings (SSSR count). The zero-order valence-corrected chi connectivity index (χ0v) is 20.2. The monoisotopic (exact) mass is 462 g/mol. The van der Waals surface area contributed by atoms with Crippen LogP contribution in [0.15, 0.2) is 16.7 Å². The second kappa shape index (κ2) is 7.86. The van der Waals surface area contributed by atoms with E-state index in [1.807, 2.05) is 20.8 Å². The third kappa shape index (κ3) is 3.32. The molecular formula is C25H34O8. The molecule has 3 aliphatic rings. The molecule has 7 atom stereocenters. The molecule has 0 saturated heterocycles. The summed E-state index contributed by atoms with van der Waals surface area (Å²) in [4.78, 5) is 37.3. The number of carbonyl (C=O) groups excluding carboxylic acids is 3. The maximum Gasteiger partial charge on any atom is 0.313 e. The maximum atomic E-state index is 13.1. The fraction of sp³-hybridized carbons (Fsp3) is 0.720. The van der Waals surface area contributed by atoms with Crippen molar-refractivity contribution in [2.24, 2.45) is 22.7 Å². The van der Waals surface area contributed by atoms with Crippen molar-refractivity contribution in [2.75, 3.05) is 7.11 Å². The van der Waals surface area contributed by atoms with E-state index in [1.54, 1.807) is 12.3 Å². The molecule has 8 heteroatoms. The molecule has 2 fully saturated rings. The molecule has 0 unspecified atom stereocenters. The number of rotatable bonds is 3. The lowest BCUT2D eigenvalue weighted by Gasteiger charge is -2.68. The Hall–Kier alpha value is -2.35. The van der Waals surface area contributed by atoms with Gasteiger partial charge in [0.2, 0.25) is 0 Å². The lowest BCUT2D eigenvalue weighted by Crippen LogP contribution is -2.74. The van der Waals surface area contributed by atoms with Gasteiger partial charge in [0.05, 0.1) is 24.9 Å². The molecular weight excluding hydrogens is 428 g/mol. The first-order chi connectivity index (χ1) is 15.4. The fourth-order valence-corrected chi connectivity index (χ4v) is 7.24. The van der Waals surface area contributed by atoms with Gasteiger partial charge in [-0.2, -0.15) is 0 Å². The quantitative estimate of drug-likeness (QED) is 0.539. The Bertz CT molecular complexity index is 963. The van der Waals surface area contributed by atoms with Gasteiger partial charge >= 0.3 is 17.9 Å². The van der Waals surface area contributed by atoms with Gasteiger partial charge in [0, 0.05) is 43.6 Å². The summed E-state index contributed by atoms with van der Waals surface area (Å²) in [6.07, 6.45) is 2.04. The van der Waals surface area contributed by atoms with E-state index >= 15 is 0 Å². The van der Waals surface area contributed by atoms with Crippen molar-refractivity contribution < 1.29 is 38.1 Å². The zero-order chi connectivity index (χ0) is 24.3. The van der Waals surface area contributed by atoms with Gasteiger partial charge in [-0.05, 0) is 30.2 Å². The second-order valence-corrected chi connectivity index (χ2v) is 10.7. The van der Waals surface area contributed by atoms with Crippen LogP contribution in [0.3, 0.4) is 0 Å². The van der Waals surface area contributed by atoms with Gasteiger partial charge in [-0.15, -0.1) is 0 Å². The molecule has 0 aromatic carbocycles. The standard InChI is InChI=1S/C25H34O8/c1-13(26)32-18-12-25(29)23(3,4)9-7-19(33-14(2)27)24(25,5)16-11-17-15(8-10-31-17)20(21(16)18)22(28)30-6/h8,10,16,18-21,29H,7,9,11-12H2,1-6H3/t16-,18-,19-,20+,21+,24-,25+/m0/s1. The summed E-state index contributed by atoms with van der Waals surface area (Å²) >= 11 is 0. The number of carbonyl (C=O) groups is 3. The molecule has 0 amide bonds. The number of furan rings is 1. The molecule has 0 spiro atoms. The summed E-state index contributed by atoms with van der Waals surface area (Å²) in [5, 5.41) is 12.4. The number of fused-ring (bicyclic) bond motifs is 4. The molecule has 33 heavy (non-hydrogen) atoms. The lowest BCUT2D eigenvalue weighted by atomic mass is 9.40. The van der Waals surface area contributed by atoms with Crippen LogP contribution in [0.4, 0.5) is 0 Å². The van der Waals surface area contributed by atoms with Crippen LogP contribution in [0.1, 0.15) is 71.1 Å². The summed E-state index contributed by atoms with van der Waals surface area (Å²) in [6.45, 7) is 8.65. The van der Waals surface area contributed by atoms with Crippen molar-refractivity contribution in [2.45, 2.75) is 84.0 Å². The third-order valence-corrected chi connectivity index (χ3v) is 8.86. The highest BCUT2D eigenvalue weighted by atomic mass is 16.6. The van der Waals surface area contributed by atoms with Crippen LogP contribution in [0.25, 0.3) is 0 Å². The van der Waals surface area contributed by atoms with Crippen molar-refractivity contribution in [3.05, 3.63) is 23.7 Å². The molecule has 182 valence electrons. The number of ether oxygens (including phenoxy) is 3. The van der Waals surface area contributed by atoms with Gasteiger partial charge < -0.3 is 23.7 Å². The number of methoxy groups -OCH3 is 1. The smallest absolute Gasteiger partial charge is 0.313 e. The second-order valence-electron chi connectivity index (χ2n) is 10.7. The van der Waals surface area contributed by atoms with E-state index in [9.17, 15) is 19.5 Å². The number of esters is 3. The molecule has 0 aliphatic heterocycles. The molecule has 1 aromatic rings. The molecule has 1 aromatic heterocycles. The Balaban J connectivity index is 1.95. The maximum absolute atomic E-state index is 13.1. The van der Waals surface area contributed by atoms with Crippen molar-refractivity contribution in [1.82, 2.24) is 0 Å². The molecule has 1 heterocycles. The average Bonchev–Trinajstić information content (AvgIpc) is 3.19. The van der Waals surface area contributed by atoms with Crippen LogP contribution in [0.5, 0.6) is 0 Å². The number of aliphatic hydroxyl groups is 1. The molecule has 0 bridgehead atoms. The van der Waals surface area contributed by atoms with Gasteiger partial charge in [0.15, 0.2) is 0 Å². The van der Waals surface area contributed by atoms with Crippen LogP contribution >= 0.6 is 0 Å². The highest BCUT2D eigenvalue weighted by molar-refractivity contribution is 5.79. The van der Waals surface area contributed by atoms with Gasteiger partial charge in [0.1, 0.15) is 18.0 Å². The normalized spacial score (nSPS) is 38.8. The SMILES string of the molecule is COC(=O)[C@@H]1c2ccoc2C[C@H]2[C@@H]1[C@@H](OC(C)=O)C[C@@]1(O)C(C)(C)CC[C@H](OC(C)=O)[C@]21C. The first-order valence-electron chi connectivity index (χ1n) is 11.6. The van der Waals surface area contributed by atoms with E-state index < -0.39 is 58.4 Å². The summed E-state index contributed by atoms with van der Waals surface area (Å²) in [5.41, 5.74) is -2.08. The van der Waals surface area contributed by atoms with Crippen LogP contribution in [-0.4, -0.2) is 47.9 Å². The van der Waals surface area contributed by atoms with Crippen LogP contribution in [0.2, 0.25) is 0 Å². The molecule has 2 saturated carbocycles. The average molecular weight is 463 g/mol. The van der Waals surface area contributed by atoms with E-state index in [1.165, 1.54) is 21.0 Å². The van der Waals surface area contributed by atoms with Crippen LogP contribution in [-0.2, 0) is 35.0 Å². The minimum absolute atomic E-state index is 0.135. The lowest BCUT2D eigenvalue weighted by molar-refractivity contribution is -0.298. The predicted octanol–water partition coefficient (Wildman–Crippen LogP) is 3.15. The highest BCUT2D eigenvalue weighted by Crippen LogP contribution is 2.67. The largest absolute Gasteiger partial charge is 0.469 e. The Morgan fingerprint density at radius 3 is 2.39 bits per heavy atom. The van der Waals surface area contributed by atoms with Crippen molar-refractivity contribution in [1.29, 1.82) is 0 Å². The first-order valence-corrected chi connectivity index (χ1v) is 11.6. The first kappa shape index (κ1) is 23.8. The van der Waals surface area contributed by atoms with E-state index in [4.69, 9.17) is 18.6 Å². The summed E-state index contributed by atoms with van der Waals surface area (Å²) in [5.74, 6) is -2.26. The van der Waals surface area contributed by atoms with Gasteiger partial charge in [-0.1, -0.05) is 20.8 Å². The van der Waals surface area contributed by atoms with Gasteiger partial charge in [0.25, 0.3) is 0 Å². The number of hydrogen-bond acceptors (Lipinski definition) is 8. The predicted molar refractivity (Wildman–Crippen MR) is 116 cm³/mol. The van der Waals surface area contributed by atoms with Crippen LogP contribution < -0.4 is 0 Å². The molecule has 3 aliphatic carbocycles. The Morgan fingerprint density at radius 1 is 1.12 bits per heavy atom. The Labute approximate surface area is 193 Å². The molecule has 8 nitrogen and oxygen atoms in total. The fourth-order valence-electron chi connectivity index (χ4n) is 7.24. The topological polar surface area (TPSA) is 112 Å². The zero-order valence-electron chi connectivity index (χ0n) is 20.2. The summed E-state index contributed by atoms with van der Waals surface area (Å²) < 4.78 is 22.6.